The molecular weight excluding hydrogens is 144 g/mol. The largest absolute Gasteiger partial charge is 0.271 e. The number of hydrazine groups is 1. The van der Waals surface area contributed by atoms with Crippen LogP contribution in [-0.2, 0) is 4.79 Å². The minimum absolute atomic E-state index is 0.313. The molecule has 1 aliphatic heterocycles. The highest BCUT2D eigenvalue weighted by Gasteiger charge is 2.17. The van der Waals surface area contributed by atoms with Crippen molar-refractivity contribution in [1.29, 1.82) is 0 Å². The summed E-state index contributed by atoms with van der Waals surface area (Å²) in [5.41, 5.74) is 0. The Labute approximate surface area is 66.3 Å². The Morgan fingerprint density at radius 1 is 1.36 bits per heavy atom. The van der Waals surface area contributed by atoms with Gasteiger partial charge in [-0.25, -0.2) is 0 Å². The number of nitrogens with zero attached hydrogens (tertiary/aromatic N) is 2. The van der Waals surface area contributed by atoms with E-state index in [1.165, 1.54) is 13.3 Å². The van der Waals surface area contributed by atoms with Gasteiger partial charge in [0.1, 0.15) is 0 Å². The number of amides is 1. The van der Waals surface area contributed by atoms with Gasteiger partial charge in [-0.05, 0) is 12.8 Å². The van der Waals surface area contributed by atoms with Crippen molar-refractivity contribution in [2.24, 2.45) is 0 Å². The van der Waals surface area contributed by atoms with Crippen LogP contribution in [0.5, 0.6) is 0 Å². The van der Waals surface area contributed by atoms with E-state index in [-0.39, 0.29) is 5.91 Å². The zero-order chi connectivity index (χ0) is 8.27. The highest BCUT2D eigenvalue weighted by Crippen LogP contribution is 2.09. The lowest BCUT2D eigenvalue weighted by atomic mass is 10.2. The van der Waals surface area contributed by atoms with Gasteiger partial charge in [-0.15, -0.1) is 5.17 Å². The summed E-state index contributed by atoms with van der Waals surface area (Å²) in [5, 5.41) is 11.6. The van der Waals surface area contributed by atoms with Crippen molar-refractivity contribution in [2.75, 3.05) is 13.1 Å². The molecule has 1 fully saturated rings. The van der Waals surface area contributed by atoms with Gasteiger partial charge < -0.3 is 0 Å². The minimum atomic E-state index is -0.313. The molecule has 64 valence electrons. The van der Waals surface area contributed by atoms with Gasteiger partial charge in [0, 0.05) is 20.0 Å². The normalized spacial score (nSPS) is 19.8. The molecule has 1 rings (SSSR count). The average Bonchev–Trinajstić information content (AvgIpc) is 2.05. The van der Waals surface area contributed by atoms with Crippen LogP contribution < -0.4 is 0 Å². The van der Waals surface area contributed by atoms with Crippen molar-refractivity contribution in [3.8, 4) is 0 Å². The van der Waals surface area contributed by atoms with E-state index in [1.807, 2.05) is 0 Å². The molecule has 1 N–H and O–H groups in total. The third kappa shape index (κ3) is 2.17. The maximum absolute atomic E-state index is 10.7. The molecule has 11 heavy (non-hydrogen) atoms. The molecule has 0 saturated carbocycles. The lowest BCUT2D eigenvalue weighted by Crippen LogP contribution is -2.45. The molecule has 4 nitrogen and oxygen atoms in total. The van der Waals surface area contributed by atoms with Crippen molar-refractivity contribution in [1.82, 2.24) is 10.2 Å². The summed E-state index contributed by atoms with van der Waals surface area (Å²) in [4.78, 5) is 10.7. The summed E-state index contributed by atoms with van der Waals surface area (Å²) in [7, 11) is 0. The number of hydrogen-bond acceptors (Lipinski definition) is 3. The van der Waals surface area contributed by atoms with E-state index >= 15 is 0 Å². The van der Waals surface area contributed by atoms with Crippen molar-refractivity contribution < 1.29 is 10.0 Å². The van der Waals surface area contributed by atoms with Crippen LogP contribution in [0, 0.1) is 0 Å². The number of hydrogen-bond donors (Lipinski definition) is 1. The topological polar surface area (TPSA) is 43.8 Å². The molecule has 0 spiro atoms. The van der Waals surface area contributed by atoms with Crippen molar-refractivity contribution in [3.05, 3.63) is 0 Å². The second-order valence-corrected chi connectivity index (χ2v) is 2.82. The molecule has 1 amide bonds. The van der Waals surface area contributed by atoms with Crippen LogP contribution in [0.2, 0.25) is 0 Å². The average molecular weight is 158 g/mol. The predicted octanol–water partition coefficient (Wildman–Crippen LogP) is 0.625. The molecule has 1 saturated heterocycles. The van der Waals surface area contributed by atoms with Crippen LogP contribution in [0.3, 0.4) is 0 Å². The molecule has 0 radical (unpaired) electrons. The monoisotopic (exact) mass is 158 g/mol. The van der Waals surface area contributed by atoms with Gasteiger partial charge in [-0.3, -0.25) is 10.0 Å². The molecule has 0 aromatic carbocycles. The highest BCUT2D eigenvalue weighted by atomic mass is 16.6. The Bertz CT molecular complexity index is 143. The van der Waals surface area contributed by atoms with E-state index in [2.05, 4.69) is 0 Å². The predicted molar refractivity (Wildman–Crippen MR) is 39.7 cm³/mol. The van der Waals surface area contributed by atoms with Crippen LogP contribution in [0.1, 0.15) is 26.2 Å². The fourth-order valence-electron chi connectivity index (χ4n) is 1.27. The third-order valence-electron chi connectivity index (χ3n) is 1.88. The van der Waals surface area contributed by atoms with Crippen molar-refractivity contribution in [2.45, 2.75) is 26.2 Å². The molecule has 0 aromatic heterocycles. The van der Waals surface area contributed by atoms with Gasteiger partial charge in [0.25, 0.3) is 5.91 Å². The van der Waals surface area contributed by atoms with Crippen LogP contribution >= 0.6 is 0 Å². The van der Waals surface area contributed by atoms with Gasteiger partial charge in [0.2, 0.25) is 0 Å². The summed E-state index contributed by atoms with van der Waals surface area (Å²) < 4.78 is 0. The molecule has 0 bridgehead atoms. The standard InChI is InChI=1S/C7H14N2O2/c1-7(10)9(11)8-5-3-2-4-6-8/h11H,2-6H2,1H3. The molecular formula is C7H14N2O2. The first-order chi connectivity index (χ1) is 5.22. The van der Waals surface area contributed by atoms with Gasteiger partial charge in [-0.1, -0.05) is 6.42 Å². The zero-order valence-corrected chi connectivity index (χ0v) is 6.79. The Morgan fingerprint density at radius 3 is 2.36 bits per heavy atom. The molecule has 0 atom stereocenters. The highest BCUT2D eigenvalue weighted by molar-refractivity contribution is 5.71. The first-order valence-corrected chi connectivity index (χ1v) is 3.96. The fraction of sp³-hybridized carbons (Fsp3) is 0.857. The van der Waals surface area contributed by atoms with Gasteiger partial charge in [0.15, 0.2) is 0 Å². The Kier molecular flexibility index (Phi) is 2.84. The van der Waals surface area contributed by atoms with E-state index < -0.39 is 0 Å². The Balaban J connectivity index is 2.38. The van der Waals surface area contributed by atoms with E-state index in [0.717, 1.165) is 31.1 Å². The van der Waals surface area contributed by atoms with Crippen LogP contribution in [-0.4, -0.2) is 34.4 Å². The molecule has 4 heteroatoms. The van der Waals surface area contributed by atoms with Gasteiger partial charge in [0.05, 0.1) is 0 Å². The second-order valence-electron chi connectivity index (χ2n) is 2.82. The summed E-state index contributed by atoms with van der Waals surface area (Å²) in [6.45, 7) is 2.93. The second kappa shape index (κ2) is 3.69. The summed E-state index contributed by atoms with van der Waals surface area (Å²) in [6.07, 6.45) is 3.32. The van der Waals surface area contributed by atoms with E-state index in [9.17, 15) is 4.79 Å². The van der Waals surface area contributed by atoms with E-state index in [4.69, 9.17) is 5.21 Å². The first-order valence-electron chi connectivity index (χ1n) is 3.96. The van der Waals surface area contributed by atoms with E-state index in [1.54, 1.807) is 5.01 Å². The zero-order valence-electron chi connectivity index (χ0n) is 6.79. The molecule has 0 aliphatic carbocycles. The smallest absolute Gasteiger partial charge is 0.258 e. The molecule has 1 heterocycles. The maximum Gasteiger partial charge on any atom is 0.258 e. The first kappa shape index (κ1) is 8.49. The minimum Gasteiger partial charge on any atom is -0.271 e. The SMILES string of the molecule is CC(=O)N(O)N1CCCCC1. The van der Waals surface area contributed by atoms with Gasteiger partial charge in [-0.2, -0.15) is 5.01 Å². The number of carbonyl (C=O) groups excluding carboxylic acids is 1. The van der Waals surface area contributed by atoms with Crippen LogP contribution in [0.4, 0.5) is 0 Å². The number of carbonyl (C=O) groups is 1. The lowest BCUT2D eigenvalue weighted by molar-refractivity contribution is -0.240. The quantitative estimate of drug-likeness (QED) is 0.449. The van der Waals surface area contributed by atoms with Crippen LogP contribution in [0.25, 0.3) is 0 Å². The number of rotatable bonds is 1. The number of piperidine rings is 1. The van der Waals surface area contributed by atoms with Crippen molar-refractivity contribution >= 4 is 5.91 Å². The van der Waals surface area contributed by atoms with Crippen LogP contribution in [0.15, 0.2) is 0 Å². The van der Waals surface area contributed by atoms with Crippen molar-refractivity contribution in [3.63, 3.8) is 0 Å². The molecule has 1 aliphatic rings. The van der Waals surface area contributed by atoms with E-state index in [0.29, 0.717) is 0 Å². The maximum atomic E-state index is 10.7. The Morgan fingerprint density at radius 2 is 1.91 bits per heavy atom. The summed E-state index contributed by atoms with van der Waals surface area (Å²) in [5.74, 6) is -0.313. The van der Waals surface area contributed by atoms with Gasteiger partial charge >= 0.3 is 0 Å². The molecule has 0 unspecified atom stereocenters. The molecule has 0 aromatic rings. The summed E-state index contributed by atoms with van der Waals surface area (Å²) in [6, 6.07) is 0. The lowest BCUT2D eigenvalue weighted by Gasteiger charge is -2.31. The summed E-state index contributed by atoms with van der Waals surface area (Å²) >= 11 is 0. The Hall–Kier alpha value is -0.610. The third-order valence-corrected chi connectivity index (χ3v) is 1.88. The number of hydroxylamine groups is 1. The fourth-order valence-corrected chi connectivity index (χ4v) is 1.27.